The number of nitrogens with zero attached hydrogens (tertiary/aromatic N) is 2. The van der Waals surface area contributed by atoms with Crippen molar-refractivity contribution in [2.24, 2.45) is 0 Å². The van der Waals surface area contributed by atoms with Crippen molar-refractivity contribution in [3.63, 3.8) is 0 Å². The van der Waals surface area contributed by atoms with E-state index in [-0.39, 0.29) is 5.02 Å². The topological polar surface area (TPSA) is 34.9 Å². The van der Waals surface area contributed by atoms with E-state index < -0.39 is 5.82 Å². The van der Waals surface area contributed by atoms with Gasteiger partial charge in [-0.1, -0.05) is 11.6 Å². The van der Waals surface area contributed by atoms with E-state index in [0.29, 0.717) is 17.7 Å². The zero-order chi connectivity index (χ0) is 10.8. The zero-order valence-corrected chi connectivity index (χ0v) is 8.28. The molecule has 2 rings (SSSR count). The summed E-state index contributed by atoms with van der Waals surface area (Å²) in [4.78, 5) is 10.7. The van der Waals surface area contributed by atoms with Crippen molar-refractivity contribution in [2.75, 3.05) is 0 Å². The molecule has 0 aliphatic carbocycles. The maximum atomic E-state index is 12.8. The van der Waals surface area contributed by atoms with Gasteiger partial charge in [-0.3, -0.25) is 4.79 Å². The molecule has 0 unspecified atom stereocenters. The average molecular weight is 225 g/mol. The molecule has 5 heteroatoms. The average Bonchev–Trinajstić information content (AvgIpc) is 2.65. The number of carbonyl (C=O) groups excluding carboxylic acids is 1. The Morgan fingerprint density at radius 3 is 2.87 bits per heavy atom. The Kier molecular flexibility index (Phi) is 2.51. The fourth-order valence-corrected chi connectivity index (χ4v) is 1.50. The largest absolute Gasteiger partial charge is 0.296 e. The smallest absolute Gasteiger partial charge is 0.168 e. The number of hydrogen-bond acceptors (Lipinski definition) is 2. The van der Waals surface area contributed by atoms with Crippen LogP contribution in [0.4, 0.5) is 4.39 Å². The van der Waals surface area contributed by atoms with Gasteiger partial charge in [-0.2, -0.15) is 5.10 Å². The Labute approximate surface area is 90.1 Å². The maximum absolute atomic E-state index is 12.8. The van der Waals surface area contributed by atoms with Crippen LogP contribution in [0, 0.1) is 5.82 Å². The molecule has 3 nitrogen and oxygen atoms in total. The second-order valence-corrected chi connectivity index (χ2v) is 3.29. The fraction of sp³-hybridized carbons (Fsp3) is 0. The van der Waals surface area contributed by atoms with E-state index in [4.69, 9.17) is 11.6 Å². The molecule has 0 N–H and O–H groups in total. The number of hydrogen-bond donors (Lipinski definition) is 0. The van der Waals surface area contributed by atoms with Gasteiger partial charge in [0.2, 0.25) is 0 Å². The van der Waals surface area contributed by atoms with E-state index in [1.807, 2.05) is 0 Å². The highest BCUT2D eigenvalue weighted by molar-refractivity contribution is 6.32. The van der Waals surface area contributed by atoms with E-state index >= 15 is 0 Å². The van der Waals surface area contributed by atoms with E-state index in [1.165, 1.54) is 29.1 Å². The van der Waals surface area contributed by atoms with E-state index in [9.17, 15) is 9.18 Å². The standard InChI is InChI=1S/C10H6ClFN2O/c11-9-5-7(12)1-2-10(9)14-8(6-15)3-4-13-14/h1-6H. The van der Waals surface area contributed by atoms with Gasteiger partial charge in [-0.05, 0) is 24.3 Å². The number of halogens is 2. The van der Waals surface area contributed by atoms with E-state index in [0.717, 1.165) is 0 Å². The molecule has 0 amide bonds. The lowest BCUT2D eigenvalue weighted by atomic mass is 10.3. The Balaban J connectivity index is 2.59. The van der Waals surface area contributed by atoms with Crippen molar-refractivity contribution in [2.45, 2.75) is 0 Å². The number of benzene rings is 1. The van der Waals surface area contributed by atoms with Gasteiger partial charge < -0.3 is 0 Å². The van der Waals surface area contributed by atoms with Gasteiger partial charge in [-0.15, -0.1) is 0 Å². The Morgan fingerprint density at radius 2 is 2.20 bits per heavy atom. The summed E-state index contributed by atoms with van der Waals surface area (Å²) in [7, 11) is 0. The van der Waals surface area contributed by atoms with Crippen LogP contribution >= 0.6 is 11.6 Å². The molecule has 0 bridgehead atoms. The first-order chi connectivity index (χ1) is 7.22. The minimum absolute atomic E-state index is 0.210. The lowest BCUT2D eigenvalue weighted by Crippen LogP contribution is -2.01. The van der Waals surface area contributed by atoms with E-state index in [1.54, 1.807) is 6.07 Å². The lowest BCUT2D eigenvalue weighted by molar-refractivity contribution is 0.111. The van der Waals surface area contributed by atoms with Crippen molar-refractivity contribution < 1.29 is 9.18 Å². The first-order valence-electron chi connectivity index (χ1n) is 4.17. The molecule has 1 heterocycles. The van der Waals surface area contributed by atoms with Gasteiger partial charge in [0.15, 0.2) is 6.29 Å². The van der Waals surface area contributed by atoms with Crippen molar-refractivity contribution in [3.05, 3.63) is 47.0 Å². The normalized spacial score (nSPS) is 10.3. The molecular weight excluding hydrogens is 219 g/mol. The number of aromatic nitrogens is 2. The van der Waals surface area contributed by atoms with Crippen LogP contribution in [-0.4, -0.2) is 16.1 Å². The highest BCUT2D eigenvalue weighted by Gasteiger charge is 2.08. The molecular formula is C10H6ClFN2O. The van der Waals surface area contributed by atoms with Crippen LogP contribution in [0.5, 0.6) is 0 Å². The van der Waals surface area contributed by atoms with Crippen LogP contribution in [0.2, 0.25) is 5.02 Å². The van der Waals surface area contributed by atoms with Gasteiger partial charge in [0.1, 0.15) is 11.5 Å². The second-order valence-electron chi connectivity index (χ2n) is 2.88. The SMILES string of the molecule is O=Cc1ccnn1-c1ccc(F)cc1Cl. The molecule has 1 aromatic heterocycles. The summed E-state index contributed by atoms with van der Waals surface area (Å²) in [6, 6.07) is 5.45. The predicted octanol–water partition coefficient (Wildman–Crippen LogP) is 2.48. The van der Waals surface area contributed by atoms with Gasteiger partial charge in [0.25, 0.3) is 0 Å². The summed E-state index contributed by atoms with van der Waals surface area (Å²) in [6.45, 7) is 0. The highest BCUT2D eigenvalue weighted by atomic mass is 35.5. The third-order valence-electron chi connectivity index (χ3n) is 1.93. The molecule has 0 spiro atoms. The molecule has 0 radical (unpaired) electrons. The Bertz CT molecular complexity index is 510. The molecule has 0 aliphatic heterocycles. The first-order valence-corrected chi connectivity index (χ1v) is 4.55. The summed E-state index contributed by atoms with van der Waals surface area (Å²) in [5, 5.41) is 4.14. The molecule has 76 valence electrons. The summed E-state index contributed by atoms with van der Waals surface area (Å²) in [6.07, 6.45) is 2.14. The minimum atomic E-state index is -0.427. The Hall–Kier alpha value is -1.68. The molecule has 15 heavy (non-hydrogen) atoms. The third kappa shape index (κ3) is 1.76. The molecule has 1 aromatic carbocycles. The van der Waals surface area contributed by atoms with E-state index in [2.05, 4.69) is 5.10 Å². The van der Waals surface area contributed by atoms with Crippen molar-refractivity contribution in [1.82, 2.24) is 9.78 Å². The quantitative estimate of drug-likeness (QED) is 0.735. The third-order valence-corrected chi connectivity index (χ3v) is 2.23. The maximum Gasteiger partial charge on any atom is 0.168 e. The second kappa shape index (κ2) is 3.82. The molecule has 0 saturated carbocycles. The van der Waals surface area contributed by atoms with Gasteiger partial charge in [-0.25, -0.2) is 9.07 Å². The summed E-state index contributed by atoms with van der Waals surface area (Å²) in [5.41, 5.74) is 0.841. The number of carbonyl (C=O) groups is 1. The number of aldehydes is 1. The lowest BCUT2D eigenvalue weighted by Gasteiger charge is -2.05. The molecule has 0 fully saturated rings. The molecule has 0 saturated heterocycles. The van der Waals surface area contributed by atoms with Gasteiger partial charge in [0.05, 0.1) is 16.9 Å². The van der Waals surface area contributed by atoms with Crippen LogP contribution in [0.3, 0.4) is 0 Å². The fourth-order valence-electron chi connectivity index (χ4n) is 1.26. The van der Waals surface area contributed by atoms with Crippen LogP contribution < -0.4 is 0 Å². The Morgan fingerprint density at radius 1 is 1.40 bits per heavy atom. The van der Waals surface area contributed by atoms with Crippen molar-refractivity contribution in [1.29, 1.82) is 0 Å². The first kappa shape index (κ1) is 9.86. The van der Waals surface area contributed by atoms with Crippen molar-refractivity contribution in [3.8, 4) is 5.69 Å². The van der Waals surface area contributed by atoms with Crippen LogP contribution in [0.25, 0.3) is 5.69 Å². The summed E-state index contributed by atoms with van der Waals surface area (Å²) >= 11 is 5.83. The van der Waals surface area contributed by atoms with Gasteiger partial charge in [0, 0.05) is 0 Å². The minimum Gasteiger partial charge on any atom is -0.296 e. The monoisotopic (exact) mass is 224 g/mol. The zero-order valence-electron chi connectivity index (χ0n) is 7.52. The van der Waals surface area contributed by atoms with Gasteiger partial charge >= 0.3 is 0 Å². The van der Waals surface area contributed by atoms with Crippen molar-refractivity contribution >= 4 is 17.9 Å². The predicted molar refractivity (Wildman–Crippen MR) is 53.9 cm³/mol. The van der Waals surface area contributed by atoms with Crippen LogP contribution in [-0.2, 0) is 0 Å². The van der Waals surface area contributed by atoms with Crippen LogP contribution in [0.1, 0.15) is 10.5 Å². The number of rotatable bonds is 2. The molecule has 0 atom stereocenters. The highest BCUT2D eigenvalue weighted by Crippen LogP contribution is 2.21. The summed E-state index contributed by atoms with van der Waals surface area (Å²) < 4.78 is 14.1. The van der Waals surface area contributed by atoms with Crippen LogP contribution in [0.15, 0.2) is 30.5 Å². The molecule has 0 aliphatic rings. The molecule has 2 aromatic rings. The summed E-state index contributed by atoms with van der Waals surface area (Å²) in [5.74, 6) is -0.427.